The highest BCUT2D eigenvalue weighted by Gasteiger charge is 2.13. The predicted molar refractivity (Wildman–Crippen MR) is 82.3 cm³/mol. The van der Waals surface area contributed by atoms with Gasteiger partial charge in [0.15, 0.2) is 11.5 Å². The van der Waals surface area contributed by atoms with Gasteiger partial charge in [-0.2, -0.15) is 0 Å². The second kappa shape index (κ2) is 6.70. The van der Waals surface area contributed by atoms with Crippen LogP contribution >= 0.6 is 23.2 Å². The van der Waals surface area contributed by atoms with Gasteiger partial charge in [-0.25, -0.2) is 0 Å². The zero-order valence-electron chi connectivity index (χ0n) is 10.9. The number of para-hydroxylation sites is 1. The van der Waals surface area contributed by atoms with Gasteiger partial charge in [-0.1, -0.05) is 35.3 Å². The first-order valence-corrected chi connectivity index (χ1v) is 6.97. The number of carbonyl (C=O) groups excluding carboxylic acids is 1. The molecule has 2 aromatic rings. The van der Waals surface area contributed by atoms with Crippen LogP contribution in [0.3, 0.4) is 0 Å². The van der Waals surface area contributed by atoms with Gasteiger partial charge in [-0.05, 0) is 36.2 Å². The second-order valence-electron chi connectivity index (χ2n) is 4.41. The fraction of sp³-hybridized carbons (Fsp3) is 0.133. The first-order valence-electron chi connectivity index (χ1n) is 6.22. The summed E-state index contributed by atoms with van der Waals surface area (Å²) in [5, 5.41) is 22.7. The van der Waals surface area contributed by atoms with Crippen molar-refractivity contribution >= 4 is 29.1 Å². The quantitative estimate of drug-likeness (QED) is 0.755. The van der Waals surface area contributed by atoms with Crippen molar-refractivity contribution in [1.29, 1.82) is 0 Å². The molecule has 4 nitrogen and oxygen atoms in total. The second-order valence-corrected chi connectivity index (χ2v) is 5.26. The summed E-state index contributed by atoms with van der Waals surface area (Å²) in [6, 6.07) is 9.38. The van der Waals surface area contributed by atoms with Crippen molar-refractivity contribution in [1.82, 2.24) is 5.32 Å². The van der Waals surface area contributed by atoms with E-state index in [1.165, 1.54) is 18.2 Å². The third-order valence-corrected chi connectivity index (χ3v) is 3.54. The van der Waals surface area contributed by atoms with Crippen molar-refractivity contribution in [3.05, 3.63) is 57.6 Å². The van der Waals surface area contributed by atoms with Gasteiger partial charge in [-0.3, -0.25) is 4.79 Å². The summed E-state index contributed by atoms with van der Waals surface area (Å²) >= 11 is 11.8. The smallest absolute Gasteiger partial charge is 0.255 e. The van der Waals surface area contributed by atoms with Gasteiger partial charge < -0.3 is 15.5 Å². The van der Waals surface area contributed by atoms with Crippen LogP contribution < -0.4 is 5.32 Å². The molecule has 0 aromatic heterocycles. The number of amides is 1. The molecule has 2 rings (SSSR count). The number of aromatic hydroxyl groups is 2. The molecule has 21 heavy (non-hydrogen) atoms. The maximum atomic E-state index is 11.9. The number of carbonyl (C=O) groups is 1. The molecular weight excluding hydrogens is 313 g/mol. The molecule has 0 aliphatic rings. The van der Waals surface area contributed by atoms with Crippen LogP contribution in [0.5, 0.6) is 11.5 Å². The Morgan fingerprint density at radius 3 is 2.62 bits per heavy atom. The highest BCUT2D eigenvalue weighted by atomic mass is 35.5. The van der Waals surface area contributed by atoms with Crippen molar-refractivity contribution in [2.45, 2.75) is 6.42 Å². The van der Waals surface area contributed by atoms with Crippen LogP contribution in [-0.2, 0) is 6.42 Å². The van der Waals surface area contributed by atoms with E-state index in [0.29, 0.717) is 23.0 Å². The maximum Gasteiger partial charge on any atom is 0.255 e. The van der Waals surface area contributed by atoms with E-state index in [-0.39, 0.29) is 11.3 Å². The van der Waals surface area contributed by atoms with Crippen molar-refractivity contribution in [2.24, 2.45) is 0 Å². The minimum absolute atomic E-state index is 0.0252. The van der Waals surface area contributed by atoms with Crippen LogP contribution in [0, 0.1) is 0 Å². The van der Waals surface area contributed by atoms with Crippen molar-refractivity contribution in [2.75, 3.05) is 6.54 Å². The first kappa shape index (κ1) is 15.5. The third-order valence-electron chi connectivity index (χ3n) is 2.95. The summed E-state index contributed by atoms with van der Waals surface area (Å²) in [5.74, 6) is -1.23. The number of phenolic OH excluding ortho intramolecular Hbond substituents is 2. The van der Waals surface area contributed by atoms with Gasteiger partial charge >= 0.3 is 0 Å². The van der Waals surface area contributed by atoms with Gasteiger partial charge in [-0.15, -0.1) is 0 Å². The molecule has 0 fully saturated rings. The van der Waals surface area contributed by atoms with Crippen LogP contribution in [0.1, 0.15) is 15.9 Å². The Morgan fingerprint density at radius 2 is 1.90 bits per heavy atom. The number of hydrogen-bond donors (Lipinski definition) is 3. The Morgan fingerprint density at radius 1 is 1.14 bits per heavy atom. The molecule has 110 valence electrons. The van der Waals surface area contributed by atoms with E-state index in [1.54, 1.807) is 18.2 Å². The van der Waals surface area contributed by atoms with Crippen molar-refractivity contribution in [3.63, 3.8) is 0 Å². The van der Waals surface area contributed by atoms with E-state index >= 15 is 0 Å². The average molecular weight is 326 g/mol. The number of phenols is 2. The highest BCUT2D eigenvalue weighted by molar-refractivity contribution is 6.35. The number of benzene rings is 2. The topological polar surface area (TPSA) is 69.6 Å². The van der Waals surface area contributed by atoms with Crippen LogP contribution in [-0.4, -0.2) is 22.7 Å². The molecule has 1 amide bonds. The molecule has 0 radical (unpaired) electrons. The number of hydrogen-bond acceptors (Lipinski definition) is 3. The first-order chi connectivity index (χ1) is 9.99. The van der Waals surface area contributed by atoms with E-state index < -0.39 is 11.7 Å². The summed E-state index contributed by atoms with van der Waals surface area (Å²) < 4.78 is 0. The molecule has 0 aliphatic carbocycles. The monoisotopic (exact) mass is 325 g/mol. The molecule has 0 heterocycles. The summed E-state index contributed by atoms with van der Waals surface area (Å²) in [6.07, 6.45) is 0.529. The SMILES string of the molecule is O=C(NCCc1ccc(Cl)cc1Cl)c1cccc(O)c1O. The third kappa shape index (κ3) is 3.80. The molecule has 2 aromatic carbocycles. The summed E-state index contributed by atoms with van der Waals surface area (Å²) in [7, 11) is 0. The lowest BCUT2D eigenvalue weighted by Gasteiger charge is -2.08. The lowest BCUT2D eigenvalue weighted by molar-refractivity contribution is 0.0951. The lowest BCUT2D eigenvalue weighted by Crippen LogP contribution is -2.25. The van der Waals surface area contributed by atoms with Crippen LogP contribution in [0.15, 0.2) is 36.4 Å². The molecule has 6 heteroatoms. The largest absolute Gasteiger partial charge is 0.504 e. The Kier molecular flexibility index (Phi) is 4.94. The summed E-state index contributed by atoms with van der Waals surface area (Å²) in [6.45, 7) is 0.343. The Balaban J connectivity index is 1.97. The van der Waals surface area contributed by atoms with Gasteiger partial charge in [0.1, 0.15) is 0 Å². The Bertz CT molecular complexity index is 674. The van der Waals surface area contributed by atoms with Crippen molar-refractivity contribution in [3.8, 4) is 11.5 Å². The number of halogens is 2. The number of rotatable bonds is 4. The fourth-order valence-electron chi connectivity index (χ4n) is 1.84. The molecular formula is C15H13Cl2NO3. The maximum absolute atomic E-state index is 11.9. The van der Waals surface area contributed by atoms with Crippen LogP contribution in [0.25, 0.3) is 0 Å². The molecule has 0 atom stereocenters. The summed E-state index contributed by atoms with van der Waals surface area (Å²) in [5.41, 5.74) is 0.888. The van der Waals surface area contributed by atoms with E-state index in [4.69, 9.17) is 23.2 Å². The normalized spacial score (nSPS) is 10.4. The van der Waals surface area contributed by atoms with Gasteiger partial charge in [0.2, 0.25) is 0 Å². The lowest BCUT2D eigenvalue weighted by atomic mass is 10.1. The van der Waals surface area contributed by atoms with Gasteiger partial charge in [0.25, 0.3) is 5.91 Å². The molecule has 0 aliphatic heterocycles. The van der Waals surface area contributed by atoms with Gasteiger partial charge in [0.05, 0.1) is 5.56 Å². The molecule has 0 bridgehead atoms. The predicted octanol–water partition coefficient (Wildman–Crippen LogP) is 3.38. The molecule has 3 N–H and O–H groups in total. The highest BCUT2D eigenvalue weighted by Crippen LogP contribution is 2.28. The van der Waals surface area contributed by atoms with E-state index in [2.05, 4.69) is 5.32 Å². The molecule has 0 saturated carbocycles. The van der Waals surface area contributed by atoms with Crippen LogP contribution in [0.2, 0.25) is 10.0 Å². The molecule has 0 unspecified atom stereocenters. The zero-order chi connectivity index (χ0) is 15.4. The summed E-state index contributed by atoms with van der Waals surface area (Å²) in [4.78, 5) is 11.9. The van der Waals surface area contributed by atoms with E-state index in [0.717, 1.165) is 5.56 Å². The van der Waals surface area contributed by atoms with Crippen molar-refractivity contribution < 1.29 is 15.0 Å². The zero-order valence-corrected chi connectivity index (χ0v) is 12.4. The van der Waals surface area contributed by atoms with Crippen LogP contribution in [0.4, 0.5) is 0 Å². The Labute approximate surface area is 131 Å². The Hall–Kier alpha value is -1.91. The average Bonchev–Trinajstić information content (AvgIpc) is 2.44. The van der Waals surface area contributed by atoms with E-state index in [1.807, 2.05) is 0 Å². The standard InChI is InChI=1S/C15H13Cl2NO3/c16-10-5-4-9(12(17)8-10)6-7-18-15(21)11-2-1-3-13(19)14(11)20/h1-5,8,19-20H,6-7H2,(H,18,21). The van der Waals surface area contributed by atoms with E-state index in [9.17, 15) is 15.0 Å². The minimum atomic E-state index is -0.464. The minimum Gasteiger partial charge on any atom is -0.504 e. The molecule has 0 spiro atoms. The van der Waals surface area contributed by atoms with Gasteiger partial charge in [0, 0.05) is 16.6 Å². The number of nitrogens with one attached hydrogen (secondary N) is 1. The molecule has 0 saturated heterocycles. The fourth-order valence-corrected chi connectivity index (χ4v) is 2.35.